The molecule has 21 heavy (non-hydrogen) atoms. The Morgan fingerprint density at radius 1 is 1.24 bits per heavy atom. The summed E-state index contributed by atoms with van der Waals surface area (Å²) < 4.78 is 8.87. The van der Waals surface area contributed by atoms with E-state index in [1.807, 2.05) is 13.0 Å². The van der Waals surface area contributed by atoms with Crippen LogP contribution in [0.15, 0.2) is 18.2 Å². The number of rotatable bonds is 4. The van der Waals surface area contributed by atoms with Gasteiger partial charge in [-0.05, 0) is 62.9 Å². The molecule has 4 heteroatoms. The van der Waals surface area contributed by atoms with E-state index in [1.54, 1.807) is 0 Å². The van der Waals surface area contributed by atoms with Gasteiger partial charge in [-0.1, -0.05) is 19.4 Å². The van der Waals surface area contributed by atoms with Crippen LogP contribution in [-0.4, -0.2) is 16.2 Å². The number of hydrogen-bond donors (Lipinski definition) is 1. The van der Waals surface area contributed by atoms with E-state index in [-0.39, 0.29) is 0 Å². The Labute approximate surface area is 131 Å². The molecular formula is C17H24N2OS. The molecule has 0 atom stereocenters. The van der Waals surface area contributed by atoms with Crippen LogP contribution >= 0.6 is 12.2 Å². The van der Waals surface area contributed by atoms with Gasteiger partial charge in [-0.15, -0.1) is 0 Å². The van der Waals surface area contributed by atoms with Crippen molar-refractivity contribution < 1.29 is 4.74 Å². The number of H-pyrrole nitrogens is 1. The Bertz CT molecular complexity index is 665. The van der Waals surface area contributed by atoms with Crippen molar-refractivity contribution in [2.24, 2.45) is 5.92 Å². The predicted molar refractivity (Wildman–Crippen MR) is 89.6 cm³/mol. The van der Waals surface area contributed by atoms with Crippen molar-refractivity contribution in [3.8, 4) is 5.75 Å². The van der Waals surface area contributed by atoms with Gasteiger partial charge in [0.2, 0.25) is 0 Å². The van der Waals surface area contributed by atoms with Crippen molar-refractivity contribution in [1.82, 2.24) is 9.55 Å². The van der Waals surface area contributed by atoms with Gasteiger partial charge in [0.05, 0.1) is 12.1 Å². The van der Waals surface area contributed by atoms with Crippen molar-refractivity contribution in [3.05, 3.63) is 23.0 Å². The Kier molecular flexibility index (Phi) is 4.34. The fourth-order valence-electron chi connectivity index (χ4n) is 3.57. The van der Waals surface area contributed by atoms with Gasteiger partial charge in [-0.3, -0.25) is 0 Å². The summed E-state index contributed by atoms with van der Waals surface area (Å²) in [7, 11) is 0. The van der Waals surface area contributed by atoms with Gasteiger partial charge in [0.15, 0.2) is 4.77 Å². The molecule has 0 bridgehead atoms. The molecule has 2 aromatic rings. The van der Waals surface area contributed by atoms with E-state index in [4.69, 9.17) is 17.0 Å². The molecule has 1 saturated carbocycles. The molecule has 114 valence electrons. The number of hydrogen-bond acceptors (Lipinski definition) is 2. The molecule has 0 radical (unpaired) electrons. The minimum absolute atomic E-state index is 0.533. The minimum atomic E-state index is 0.533. The number of aromatic nitrogens is 2. The molecule has 0 aliphatic heterocycles. The summed E-state index contributed by atoms with van der Waals surface area (Å²) in [6.07, 6.45) is 6.42. The monoisotopic (exact) mass is 304 g/mol. The highest BCUT2D eigenvalue weighted by atomic mass is 32.1. The van der Waals surface area contributed by atoms with Crippen LogP contribution in [0.4, 0.5) is 0 Å². The summed E-state index contributed by atoms with van der Waals surface area (Å²) in [6, 6.07) is 6.75. The zero-order valence-electron chi connectivity index (χ0n) is 12.9. The maximum Gasteiger partial charge on any atom is 0.178 e. The number of nitrogens with one attached hydrogen (secondary N) is 1. The molecule has 3 rings (SSSR count). The van der Waals surface area contributed by atoms with Crippen molar-refractivity contribution >= 4 is 23.3 Å². The molecule has 0 amide bonds. The second kappa shape index (κ2) is 6.22. The lowest BCUT2D eigenvalue weighted by molar-refractivity contribution is 0.272. The van der Waals surface area contributed by atoms with Gasteiger partial charge in [0.1, 0.15) is 11.3 Å². The largest absolute Gasteiger partial charge is 0.492 e. The fourth-order valence-corrected chi connectivity index (χ4v) is 3.92. The van der Waals surface area contributed by atoms with Crippen molar-refractivity contribution in [2.45, 2.75) is 52.0 Å². The average Bonchev–Trinajstić information content (AvgIpc) is 2.85. The molecule has 1 aromatic heterocycles. The first-order valence-electron chi connectivity index (χ1n) is 8.10. The summed E-state index contributed by atoms with van der Waals surface area (Å²) in [4.78, 5) is 3.36. The van der Waals surface area contributed by atoms with Crippen LogP contribution < -0.4 is 4.74 Å². The lowest BCUT2D eigenvalue weighted by Crippen LogP contribution is -2.17. The maximum atomic E-state index is 5.72. The van der Waals surface area contributed by atoms with Gasteiger partial charge in [-0.2, -0.15) is 0 Å². The van der Waals surface area contributed by atoms with Crippen LogP contribution in [0.2, 0.25) is 0 Å². The first-order chi connectivity index (χ1) is 10.2. The molecule has 1 N–H and O–H groups in total. The standard InChI is InChI=1S/C17H24N2OS/c1-3-12-8-10-13(11-9-12)19-14-6-5-7-15(20-4-2)16(14)18-17(19)21/h5-7,12-13H,3-4,8-11H2,1-2H3,(H,18,21). The predicted octanol–water partition coefficient (Wildman–Crippen LogP) is 5.24. The molecule has 3 nitrogen and oxygen atoms in total. The Balaban J connectivity index is 1.98. The molecular weight excluding hydrogens is 280 g/mol. The number of fused-ring (bicyclic) bond motifs is 1. The molecule has 0 unspecified atom stereocenters. The van der Waals surface area contributed by atoms with Gasteiger partial charge in [0, 0.05) is 6.04 Å². The fraction of sp³-hybridized carbons (Fsp3) is 0.588. The highest BCUT2D eigenvalue weighted by Gasteiger charge is 2.23. The van der Waals surface area contributed by atoms with Crippen LogP contribution in [0.1, 0.15) is 52.0 Å². The highest BCUT2D eigenvalue weighted by molar-refractivity contribution is 7.71. The molecule has 1 fully saturated rings. The summed E-state index contributed by atoms with van der Waals surface area (Å²) in [6.45, 7) is 4.99. The summed E-state index contributed by atoms with van der Waals surface area (Å²) in [5.74, 6) is 1.81. The van der Waals surface area contributed by atoms with Crippen molar-refractivity contribution in [3.63, 3.8) is 0 Å². The molecule has 0 saturated heterocycles. The zero-order chi connectivity index (χ0) is 14.8. The number of aromatic amines is 1. The van der Waals surface area contributed by atoms with E-state index in [0.29, 0.717) is 12.6 Å². The van der Waals surface area contributed by atoms with Crippen molar-refractivity contribution in [2.75, 3.05) is 6.61 Å². The molecule has 1 aliphatic carbocycles. The third-order valence-electron chi connectivity index (χ3n) is 4.77. The second-order valence-corrected chi connectivity index (χ2v) is 6.35. The first-order valence-corrected chi connectivity index (χ1v) is 8.51. The summed E-state index contributed by atoms with van der Waals surface area (Å²) >= 11 is 5.59. The van der Waals surface area contributed by atoms with Gasteiger partial charge < -0.3 is 14.3 Å². The van der Waals surface area contributed by atoms with E-state index in [2.05, 4.69) is 28.6 Å². The number of nitrogens with zero attached hydrogens (tertiary/aromatic N) is 1. The van der Waals surface area contributed by atoms with E-state index < -0.39 is 0 Å². The van der Waals surface area contributed by atoms with Crippen LogP contribution in [0, 0.1) is 10.7 Å². The van der Waals surface area contributed by atoms with Crippen molar-refractivity contribution in [1.29, 1.82) is 0 Å². The van der Waals surface area contributed by atoms with Crippen LogP contribution in [-0.2, 0) is 0 Å². The molecule has 0 spiro atoms. The third kappa shape index (κ3) is 2.73. The van der Waals surface area contributed by atoms with E-state index >= 15 is 0 Å². The average molecular weight is 304 g/mol. The summed E-state index contributed by atoms with van der Waals surface area (Å²) in [5, 5.41) is 0. The zero-order valence-corrected chi connectivity index (χ0v) is 13.7. The van der Waals surface area contributed by atoms with Crippen LogP contribution in [0.25, 0.3) is 11.0 Å². The first kappa shape index (κ1) is 14.6. The maximum absolute atomic E-state index is 5.72. The smallest absolute Gasteiger partial charge is 0.178 e. The van der Waals surface area contributed by atoms with E-state index in [1.165, 1.54) is 37.6 Å². The van der Waals surface area contributed by atoms with E-state index in [0.717, 1.165) is 22.0 Å². The number of para-hydroxylation sites is 1. The number of imidazole rings is 1. The SMILES string of the molecule is CCOc1cccc2c1[nH]c(=S)n2C1CCC(CC)CC1. The van der Waals surface area contributed by atoms with Gasteiger partial charge in [0.25, 0.3) is 0 Å². The normalized spacial score (nSPS) is 22.6. The minimum Gasteiger partial charge on any atom is -0.492 e. The Hall–Kier alpha value is -1.29. The third-order valence-corrected chi connectivity index (χ3v) is 5.07. The Morgan fingerprint density at radius 3 is 2.67 bits per heavy atom. The van der Waals surface area contributed by atoms with Crippen LogP contribution in [0.3, 0.4) is 0 Å². The molecule has 1 heterocycles. The number of ether oxygens (including phenoxy) is 1. The highest BCUT2D eigenvalue weighted by Crippen LogP contribution is 2.36. The quantitative estimate of drug-likeness (QED) is 0.783. The molecule has 1 aromatic carbocycles. The Morgan fingerprint density at radius 2 is 2.00 bits per heavy atom. The van der Waals surface area contributed by atoms with Gasteiger partial charge >= 0.3 is 0 Å². The lowest BCUT2D eigenvalue weighted by Gasteiger charge is -2.29. The summed E-state index contributed by atoms with van der Waals surface area (Å²) in [5.41, 5.74) is 2.23. The molecule has 1 aliphatic rings. The van der Waals surface area contributed by atoms with E-state index in [9.17, 15) is 0 Å². The topological polar surface area (TPSA) is 29.9 Å². The second-order valence-electron chi connectivity index (χ2n) is 5.97. The van der Waals surface area contributed by atoms with Crippen LogP contribution in [0.5, 0.6) is 5.75 Å². The number of benzene rings is 1. The lowest BCUT2D eigenvalue weighted by atomic mass is 9.84. The van der Waals surface area contributed by atoms with Gasteiger partial charge in [-0.25, -0.2) is 0 Å².